The van der Waals surface area contributed by atoms with E-state index in [4.69, 9.17) is 4.99 Å². The van der Waals surface area contributed by atoms with Crippen LogP contribution in [0.25, 0.3) is 0 Å². The highest BCUT2D eigenvalue weighted by Crippen LogP contribution is 2.28. The first-order chi connectivity index (χ1) is 10.9. The van der Waals surface area contributed by atoms with Crippen LogP contribution >= 0.6 is 0 Å². The van der Waals surface area contributed by atoms with Crippen LogP contribution in [0.1, 0.15) is 39.7 Å². The number of nitrogens with one attached hydrogen (secondary N) is 2. The van der Waals surface area contributed by atoms with Gasteiger partial charge in [0.05, 0.1) is 6.54 Å². The third kappa shape index (κ3) is 5.27. The molecule has 1 heterocycles. The number of likely N-dealkylation sites (tertiary alicyclic amines) is 1. The van der Waals surface area contributed by atoms with Crippen molar-refractivity contribution in [3.8, 4) is 0 Å². The van der Waals surface area contributed by atoms with E-state index in [0.717, 1.165) is 36.8 Å². The van der Waals surface area contributed by atoms with Gasteiger partial charge >= 0.3 is 0 Å². The second kappa shape index (κ2) is 7.49. The zero-order valence-corrected chi connectivity index (χ0v) is 14.6. The summed E-state index contributed by atoms with van der Waals surface area (Å²) in [5.74, 6) is 0.918. The summed E-state index contributed by atoms with van der Waals surface area (Å²) in [5.41, 5.74) is 2.25. The largest absolute Gasteiger partial charge is 0.357 e. The first kappa shape index (κ1) is 17.3. The molecule has 0 radical (unpaired) electrons. The van der Waals surface area contributed by atoms with Crippen molar-refractivity contribution in [2.24, 2.45) is 10.4 Å². The molecule has 2 rings (SSSR count). The number of carbonyl (C=O) groups excluding carboxylic acids is 1. The molecule has 1 aromatic carbocycles. The van der Waals surface area contributed by atoms with Crippen LogP contribution in [0.5, 0.6) is 0 Å². The normalized spacial score (nSPS) is 17.2. The van der Waals surface area contributed by atoms with Crippen molar-refractivity contribution in [1.29, 1.82) is 0 Å². The molecule has 1 aromatic rings. The van der Waals surface area contributed by atoms with E-state index in [1.54, 1.807) is 0 Å². The van der Waals surface area contributed by atoms with Crippen LogP contribution in [0, 0.1) is 5.41 Å². The van der Waals surface area contributed by atoms with Crippen molar-refractivity contribution in [2.75, 3.05) is 25.0 Å². The lowest BCUT2D eigenvalue weighted by Gasteiger charge is -2.23. The standard InChI is InChI=1S/C18H28N4O/c1-5-19-17(22-10-9-18(3,4)13-22)20-12-15-7-6-8-16(11-15)21-14(2)23/h6-8,11H,5,9-10,12-13H2,1-4H3,(H,19,20)(H,21,23). The van der Waals surface area contributed by atoms with Crippen LogP contribution in [0.3, 0.4) is 0 Å². The molecule has 0 spiro atoms. The highest BCUT2D eigenvalue weighted by molar-refractivity contribution is 5.88. The summed E-state index contributed by atoms with van der Waals surface area (Å²) in [7, 11) is 0. The number of guanidine groups is 1. The molecule has 1 fully saturated rings. The zero-order chi connectivity index (χ0) is 16.9. The number of aliphatic imine (C=N–C) groups is 1. The van der Waals surface area contributed by atoms with Crippen molar-refractivity contribution >= 4 is 17.6 Å². The van der Waals surface area contributed by atoms with Gasteiger partial charge in [-0.25, -0.2) is 4.99 Å². The van der Waals surface area contributed by atoms with Crippen molar-refractivity contribution in [3.63, 3.8) is 0 Å². The third-order valence-corrected chi connectivity index (χ3v) is 3.97. The summed E-state index contributed by atoms with van der Waals surface area (Å²) in [6.45, 7) is 11.8. The molecule has 2 N–H and O–H groups in total. The monoisotopic (exact) mass is 316 g/mol. The predicted octanol–water partition coefficient (Wildman–Crippen LogP) is 2.84. The van der Waals surface area contributed by atoms with E-state index in [1.807, 2.05) is 24.3 Å². The van der Waals surface area contributed by atoms with Gasteiger partial charge in [-0.05, 0) is 36.5 Å². The van der Waals surface area contributed by atoms with Crippen LogP contribution in [-0.2, 0) is 11.3 Å². The molecule has 5 nitrogen and oxygen atoms in total. The Morgan fingerprint density at radius 3 is 2.78 bits per heavy atom. The Balaban J connectivity index is 2.07. The Kier molecular flexibility index (Phi) is 5.64. The first-order valence-electron chi connectivity index (χ1n) is 8.29. The van der Waals surface area contributed by atoms with Gasteiger partial charge in [0.25, 0.3) is 0 Å². The molecule has 126 valence electrons. The van der Waals surface area contributed by atoms with E-state index in [2.05, 4.69) is 36.3 Å². The molecule has 0 aliphatic carbocycles. The van der Waals surface area contributed by atoms with Crippen molar-refractivity contribution < 1.29 is 4.79 Å². The zero-order valence-electron chi connectivity index (χ0n) is 14.6. The van der Waals surface area contributed by atoms with E-state index < -0.39 is 0 Å². The lowest BCUT2D eigenvalue weighted by Crippen LogP contribution is -2.40. The minimum Gasteiger partial charge on any atom is -0.357 e. The van der Waals surface area contributed by atoms with Gasteiger partial charge in [-0.15, -0.1) is 0 Å². The molecular formula is C18H28N4O. The molecule has 0 bridgehead atoms. The van der Waals surface area contributed by atoms with E-state index >= 15 is 0 Å². The van der Waals surface area contributed by atoms with Gasteiger partial charge in [0.1, 0.15) is 0 Å². The summed E-state index contributed by atoms with van der Waals surface area (Å²) in [6.07, 6.45) is 1.19. The second-order valence-corrected chi connectivity index (χ2v) is 6.89. The number of rotatable bonds is 4. The average molecular weight is 316 g/mol. The van der Waals surface area contributed by atoms with Gasteiger partial charge in [0.2, 0.25) is 5.91 Å². The van der Waals surface area contributed by atoms with Gasteiger partial charge in [-0.1, -0.05) is 26.0 Å². The fraction of sp³-hybridized carbons (Fsp3) is 0.556. The van der Waals surface area contributed by atoms with Crippen LogP contribution in [0.4, 0.5) is 5.69 Å². The van der Waals surface area contributed by atoms with E-state index in [0.29, 0.717) is 12.0 Å². The molecule has 1 aliphatic heterocycles. The minimum atomic E-state index is -0.0571. The molecule has 5 heteroatoms. The maximum Gasteiger partial charge on any atom is 0.221 e. The van der Waals surface area contributed by atoms with Gasteiger partial charge in [0.15, 0.2) is 5.96 Å². The van der Waals surface area contributed by atoms with Gasteiger partial charge in [-0.2, -0.15) is 0 Å². The summed E-state index contributed by atoms with van der Waals surface area (Å²) in [5, 5.41) is 6.20. The van der Waals surface area contributed by atoms with Crippen molar-refractivity contribution in [3.05, 3.63) is 29.8 Å². The summed E-state index contributed by atoms with van der Waals surface area (Å²) in [4.78, 5) is 18.3. The molecule has 0 atom stereocenters. The molecule has 1 amide bonds. The number of carbonyl (C=O) groups is 1. The van der Waals surface area contributed by atoms with Gasteiger partial charge in [0, 0.05) is 32.2 Å². The summed E-state index contributed by atoms with van der Waals surface area (Å²) >= 11 is 0. The van der Waals surface area contributed by atoms with Gasteiger partial charge in [-0.3, -0.25) is 4.79 Å². The van der Waals surface area contributed by atoms with Crippen molar-refractivity contribution in [2.45, 2.75) is 40.7 Å². The fourth-order valence-corrected chi connectivity index (χ4v) is 2.84. The molecular weight excluding hydrogens is 288 g/mol. The van der Waals surface area contributed by atoms with E-state index in [-0.39, 0.29) is 5.91 Å². The predicted molar refractivity (Wildman–Crippen MR) is 95.5 cm³/mol. The minimum absolute atomic E-state index is 0.0571. The Labute approximate surface area is 139 Å². The molecule has 23 heavy (non-hydrogen) atoms. The number of hydrogen-bond acceptors (Lipinski definition) is 2. The lowest BCUT2D eigenvalue weighted by molar-refractivity contribution is -0.114. The fourth-order valence-electron chi connectivity index (χ4n) is 2.84. The topological polar surface area (TPSA) is 56.7 Å². The Morgan fingerprint density at radius 2 is 2.17 bits per heavy atom. The maximum atomic E-state index is 11.2. The number of nitrogens with zero attached hydrogens (tertiary/aromatic N) is 2. The molecule has 0 unspecified atom stereocenters. The van der Waals surface area contributed by atoms with Crippen LogP contribution < -0.4 is 10.6 Å². The Bertz CT molecular complexity index is 580. The first-order valence-corrected chi connectivity index (χ1v) is 8.29. The second-order valence-electron chi connectivity index (χ2n) is 6.89. The number of amides is 1. The van der Waals surface area contributed by atoms with E-state index in [1.165, 1.54) is 13.3 Å². The highest BCUT2D eigenvalue weighted by atomic mass is 16.1. The number of benzene rings is 1. The van der Waals surface area contributed by atoms with Gasteiger partial charge < -0.3 is 15.5 Å². The van der Waals surface area contributed by atoms with Crippen LogP contribution in [-0.4, -0.2) is 36.4 Å². The summed E-state index contributed by atoms with van der Waals surface area (Å²) in [6, 6.07) is 7.85. The lowest BCUT2D eigenvalue weighted by atomic mass is 9.93. The molecule has 1 aliphatic rings. The molecule has 0 aromatic heterocycles. The quantitative estimate of drug-likeness (QED) is 0.663. The van der Waals surface area contributed by atoms with Crippen molar-refractivity contribution in [1.82, 2.24) is 10.2 Å². The highest BCUT2D eigenvalue weighted by Gasteiger charge is 2.30. The molecule has 0 saturated carbocycles. The average Bonchev–Trinajstić information content (AvgIpc) is 2.83. The van der Waals surface area contributed by atoms with E-state index in [9.17, 15) is 4.79 Å². The molecule has 1 saturated heterocycles. The Morgan fingerprint density at radius 1 is 1.39 bits per heavy atom. The summed E-state index contributed by atoms with van der Waals surface area (Å²) < 4.78 is 0. The number of hydrogen-bond donors (Lipinski definition) is 2. The Hall–Kier alpha value is -2.04. The SMILES string of the molecule is CCNC(=NCc1cccc(NC(C)=O)c1)N1CCC(C)(C)C1. The van der Waals surface area contributed by atoms with Crippen LogP contribution in [0.2, 0.25) is 0 Å². The maximum absolute atomic E-state index is 11.2. The third-order valence-electron chi connectivity index (χ3n) is 3.97. The smallest absolute Gasteiger partial charge is 0.221 e. The van der Waals surface area contributed by atoms with Crippen LogP contribution in [0.15, 0.2) is 29.3 Å². The number of anilines is 1.